The van der Waals surface area contributed by atoms with Gasteiger partial charge in [0.05, 0.1) is 16.7 Å². The summed E-state index contributed by atoms with van der Waals surface area (Å²) in [7, 11) is 0. The van der Waals surface area contributed by atoms with Crippen molar-refractivity contribution in [3.8, 4) is 11.6 Å². The van der Waals surface area contributed by atoms with Crippen LogP contribution in [0.5, 0.6) is 11.6 Å². The number of rotatable bonds is 2. The van der Waals surface area contributed by atoms with Crippen molar-refractivity contribution in [2.24, 2.45) is 0 Å². The van der Waals surface area contributed by atoms with Gasteiger partial charge in [-0.3, -0.25) is 0 Å². The van der Waals surface area contributed by atoms with E-state index >= 15 is 0 Å². The molecule has 0 amide bonds. The van der Waals surface area contributed by atoms with Gasteiger partial charge < -0.3 is 10.5 Å². The van der Waals surface area contributed by atoms with Crippen molar-refractivity contribution >= 4 is 32.7 Å². The van der Waals surface area contributed by atoms with Crippen LogP contribution >= 0.6 is 15.9 Å². The Morgan fingerprint density at radius 3 is 2.65 bits per heavy atom. The van der Waals surface area contributed by atoms with Crippen molar-refractivity contribution in [2.75, 3.05) is 5.73 Å². The highest BCUT2D eigenvalue weighted by atomic mass is 79.9. The van der Waals surface area contributed by atoms with Crippen molar-refractivity contribution in [2.45, 2.75) is 6.92 Å². The minimum atomic E-state index is 0.470. The highest BCUT2D eigenvalue weighted by Crippen LogP contribution is 2.28. The van der Waals surface area contributed by atoms with E-state index in [2.05, 4.69) is 25.9 Å². The first-order chi connectivity index (χ1) is 9.63. The summed E-state index contributed by atoms with van der Waals surface area (Å²) >= 11 is 3.42. The Morgan fingerprint density at radius 1 is 1.05 bits per heavy atom. The van der Waals surface area contributed by atoms with E-state index in [9.17, 15) is 0 Å². The molecule has 1 aromatic heterocycles. The van der Waals surface area contributed by atoms with E-state index in [4.69, 9.17) is 10.5 Å². The first-order valence-corrected chi connectivity index (χ1v) is 6.89. The van der Waals surface area contributed by atoms with E-state index in [0.717, 1.165) is 21.2 Å². The summed E-state index contributed by atoms with van der Waals surface area (Å²) in [5.41, 5.74) is 8.77. The van der Waals surface area contributed by atoms with Crippen LogP contribution in [0.3, 0.4) is 0 Å². The van der Waals surface area contributed by atoms with Gasteiger partial charge in [-0.2, -0.15) is 0 Å². The van der Waals surface area contributed by atoms with E-state index in [0.29, 0.717) is 17.3 Å². The molecule has 0 aliphatic carbocycles. The Morgan fingerprint density at radius 2 is 1.85 bits per heavy atom. The maximum atomic E-state index is 5.87. The molecule has 0 fully saturated rings. The molecule has 20 heavy (non-hydrogen) atoms. The van der Waals surface area contributed by atoms with Crippen LogP contribution in [-0.4, -0.2) is 9.97 Å². The molecule has 0 saturated heterocycles. The van der Waals surface area contributed by atoms with Gasteiger partial charge in [0.25, 0.3) is 0 Å². The van der Waals surface area contributed by atoms with E-state index in [1.165, 1.54) is 0 Å². The number of nitrogen functional groups attached to an aromatic ring is 1. The number of aryl methyl sites for hydroxylation is 1. The first-order valence-electron chi connectivity index (χ1n) is 6.10. The quantitative estimate of drug-likeness (QED) is 0.720. The van der Waals surface area contributed by atoms with Gasteiger partial charge in [0.1, 0.15) is 5.69 Å². The van der Waals surface area contributed by atoms with Crippen molar-refractivity contribution < 1.29 is 4.74 Å². The molecule has 0 radical (unpaired) electrons. The first kappa shape index (κ1) is 12.9. The number of nitrogens with two attached hydrogens (primary N) is 1. The van der Waals surface area contributed by atoms with Gasteiger partial charge in [0, 0.05) is 4.47 Å². The lowest BCUT2D eigenvalue weighted by molar-refractivity contribution is 0.460. The smallest absolute Gasteiger partial charge is 0.241 e. The Hall–Kier alpha value is -2.14. The predicted octanol–water partition coefficient (Wildman–Crippen LogP) is 4.08. The summed E-state index contributed by atoms with van der Waals surface area (Å²) in [4.78, 5) is 9.00. The van der Waals surface area contributed by atoms with Gasteiger partial charge in [-0.05, 0) is 37.3 Å². The molecule has 0 aliphatic rings. The summed E-state index contributed by atoms with van der Waals surface area (Å²) in [6.45, 7) is 1.86. The van der Waals surface area contributed by atoms with Crippen molar-refractivity contribution in [1.82, 2.24) is 9.97 Å². The maximum absolute atomic E-state index is 5.87. The molecule has 2 N–H and O–H groups in total. The third-order valence-electron chi connectivity index (χ3n) is 2.88. The van der Waals surface area contributed by atoms with Gasteiger partial charge in [0.2, 0.25) is 5.88 Å². The minimum Gasteiger partial charge on any atom is -0.435 e. The molecule has 0 bridgehead atoms. The van der Waals surface area contributed by atoms with E-state index < -0.39 is 0 Å². The van der Waals surface area contributed by atoms with Crippen LogP contribution in [0, 0.1) is 6.92 Å². The number of hydrogen-bond acceptors (Lipinski definition) is 4. The molecule has 100 valence electrons. The zero-order valence-corrected chi connectivity index (χ0v) is 12.4. The predicted molar refractivity (Wildman–Crippen MR) is 82.9 cm³/mol. The molecule has 5 heteroatoms. The van der Waals surface area contributed by atoms with Gasteiger partial charge in [-0.25, -0.2) is 9.97 Å². The van der Waals surface area contributed by atoms with Crippen LogP contribution in [0.2, 0.25) is 0 Å². The molecular weight excluding hydrogens is 318 g/mol. The van der Waals surface area contributed by atoms with Gasteiger partial charge in [-0.15, -0.1) is 0 Å². The number of nitrogens with zero attached hydrogens (tertiary/aromatic N) is 2. The lowest BCUT2D eigenvalue weighted by Crippen LogP contribution is -1.98. The number of ether oxygens (including phenoxy) is 1. The topological polar surface area (TPSA) is 61.0 Å². The van der Waals surface area contributed by atoms with Crippen molar-refractivity contribution in [3.05, 3.63) is 52.6 Å². The SMILES string of the molecule is Cc1nc2cc(Br)ccc2nc1Oc1ccccc1N. The van der Waals surface area contributed by atoms with Crippen LogP contribution in [0.1, 0.15) is 5.69 Å². The zero-order chi connectivity index (χ0) is 14.1. The lowest BCUT2D eigenvalue weighted by Gasteiger charge is -2.10. The second-order valence-electron chi connectivity index (χ2n) is 4.39. The highest BCUT2D eigenvalue weighted by Gasteiger charge is 2.09. The molecule has 4 nitrogen and oxygen atoms in total. The zero-order valence-electron chi connectivity index (χ0n) is 10.8. The molecule has 0 saturated carbocycles. The third kappa shape index (κ3) is 2.44. The van der Waals surface area contributed by atoms with Crippen LogP contribution in [0.4, 0.5) is 5.69 Å². The maximum Gasteiger partial charge on any atom is 0.241 e. The molecule has 3 rings (SSSR count). The molecule has 0 unspecified atom stereocenters. The summed E-state index contributed by atoms with van der Waals surface area (Å²) in [5.74, 6) is 1.05. The molecule has 0 aliphatic heterocycles. The second kappa shape index (κ2) is 5.09. The number of benzene rings is 2. The number of para-hydroxylation sites is 2. The fourth-order valence-corrected chi connectivity index (χ4v) is 2.22. The van der Waals surface area contributed by atoms with Crippen LogP contribution in [0.25, 0.3) is 11.0 Å². The largest absolute Gasteiger partial charge is 0.435 e. The van der Waals surface area contributed by atoms with Crippen LogP contribution < -0.4 is 10.5 Å². The fraction of sp³-hybridized carbons (Fsp3) is 0.0667. The number of halogens is 1. The number of aromatic nitrogens is 2. The summed E-state index contributed by atoms with van der Waals surface area (Å²) < 4.78 is 6.74. The number of anilines is 1. The molecule has 2 aromatic carbocycles. The van der Waals surface area contributed by atoms with Gasteiger partial charge in [0.15, 0.2) is 5.75 Å². The van der Waals surface area contributed by atoms with E-state index in [1.807, 2.05) is 43.3 Å². The summed E-state index contributed by atoms with van der Waals surface area (Å²) in [6.07, 6.45) is 0. The van der Waals surface area contributed by atoms with Crippen molar-refractivity contribution in [1.29, 1.82) is 0 Å². The fourth-order valence-electron chi connectivity index (χ4n) is 1.87. The van der Waals surface area contributed by atoms with E-state index in [1.54, 1.807) is 6.07 Å². The van der Waals surface area contributed by atoms with Crippen LogP contribution in [-0.2, 0) is 0 Å². The summed E-state index contributed by atoms with van der Waals surface area (Å²) in [6, 6.07) is 13.1. The monoisotopic (exact) mass is 329 g/mol. The standard InChI is InChI=1S/C15H12BrN3O/c1-9-15(20-14-5-3-2-4-11(14)17)19-12-7-6-10(16)8-13(12)18-9/h2-8H,17H2,1H3. The molecule has 0 spiro atoms. The molecule has 1 heterocycles. The average Bonchev–Trinajstić information content (AvgIpc) is 2.42. The van der Waals surface area contributed by atoms with Crippen molar-refractivity contribution in [3.63, 3.8) is 0 Å². The average molecular weight is 330 g/mol. The van der Waals surface area contributed by atoms with Gasteiger partial charge in [-0.1, -0.05) is 28.1 Å². The Labute approximate surface area is 124 Å². The Bertz CT molecular complexity index is 789. The van der Waals surface area contributed by atoms with E-state index in [-0.39, 0.29) is 0 Å². The Balaban J connectivity index is 2.06. The normalized spacial score (nSPS) is 10.7. The Kier molecular flexibility index (Phi) is 3.28. The molecule has 0 atom stereocenters. The molecular formula is C15H12BrN3O. The highest BCUT2D eigenvalue weighted by molar-refractivity contribution is 9.10. The second-order valence-corrected chi connectivity index (χ2v) is 5.30. The number of hydrogen-bond donors (Lipinski definition) is 1. The third-order valence-corrected chi connectivity index (χ3v) is 3.38. The van der Waals surface area contributed by atoms with Gasteiger partial charge >= 0.3 is 0 Å². The lowest BCUT2D eigenvalue weighted by atomic mass is 10.3. The molecule has 3 aromatic rings. The summed E-state index contributed by atoms with van der Waals surface area (Å²) in [5, 5.41) is 0. The van der Waals surface area contributed by atoms with Crippen LogP contribution in [0.15, 0.2) is 46.9 Å². The minimum absolute atomic E-state index is 0.470. The number of fused-ring (bicyclic) bond motifs is 1.